The van der Waals surface area contributed by atoms with Gasteiger partial charge in [-0.1, -0.05) is 17.7 Å². The van der Waals surface area contributed by atoms with Gasteiger partial charge in [0.05, 0.1) is 24.3 Å². The van der Waals surface area contributed by atoms with Crippen molar-refractivity contribution in [2.75, 3.05) is 26.1 Å². The van der Waals surface area contributed by atoms with Crippen molar-refractivity contribution in [2.24, 2.45) is 0 Å². The van der Waals surface area contributed by atoms with E-state index >= 15 is 0 Å². The molecule has 0 aliphatic heterocycles. The largest absolute Gasteiger partial charge is 0.495 e. The van der Waals surface area contributed by atoms with Gasteiger partial charge in [-0.25, -0.2) is 13.1 Å². The number of nitrogens with one attached hydrogen (secondary N) is 2. The molecule has 0 aromatic heterocycles. The lowest BCUT2D eigenvalue weighted by molar-refractivity contribution is 0.102. The molecule has 146 valence electrons. The molecule has 2 rings (SSSR count). The van der Waals surface area contributed by atoms with E-state index < -0.39 is 16.1 Å². The lowest BCUT2D eigenvalue weighted by Gasteiger charge is -2.15. The van der Waals surface area contributed by atoms with Gasteiger partial charge in [-0.15, -0.1) is 0 Å². The minimum Gasteiger partial charge on any atom is -0.495 e. The number of sulfonamides is 1. The van der Waals surface area contributed by atoms with Gasteiger partial charge in [0.25, 0.3) is 5.91 Å². The predicted molar refractivity (Wildman–Crippen MR) is 104 cm³/mol. The molecule has 0 spiro atoms. The normalized spacial score (nSPS) is 12.4. The predicted octanol–water partition coefficient (Wildman–Crippen LogP) is 2.57. The van der Waals surface area contributed by atoms with E-state index in [9.17, 15) is 13.2 Å². The Balaban J connectivity index is 2.29. The second-order valence-corrected chi connectivity index (χ2v) is 7.87. The second-order valence-electron chi connectivity index (χ2n) is 6.16. The highest BCUT2D eigenvalue weighted by atomic mass is 32.2. The zero-order valence-electron chi connectivity index (χ0n) is 15.8. The second kappa shape index (κ2) is 8.98. The zero-order valence-corrected chi connectivity index (χ0v) is 16.6. The van der Waals surface area contributed by atoms with Crippen LogP contribution in [0.4, 0.5) is 5.69 Å². The summed E-state index contributed by atoms with van der Waals surface area (Å²) in [7, 11) is -0.827. The fraction of sp³-hybridized carbons (Fsp3) is 0.316. The molecule has 2 aromatic carbocycles. The monoisotopic (exact) mass is 392 g/mol. The Labute approximate surface area is 159 Å². The molecule has 27 heavy (non-hydrogen) atoms. The SMILES string of the molecule is COC[C@H](C)NS(=O)(=O)c1ccc(OC)c(NC(=O)c2ccc(C)cc2)c1. The number of hydrogen-bond donors (Lipinski definition) is 2. The molecule has 8 heteroatoms. The molecular weight excluding hydrogens is 368 g/mol. The molecule has 0 unspecified atom stereocenters. The van der Waals surface area contributed by atoms with Gasteiger partial charge in [-0.2, -0.15) is 0 Å². The molecule has 0 bridgehead atoms. The summed E-state index contributed by atoms with van der Waals surface area (Å²) in [6.45, 7) is 3.87. The van der Waals surface area contributed by atoms with Gasteiger partial charge in [-0.3, -0.25) is 4.79 Å². The smallest absolute Gasteiger partial charge is 0.255 e. The summed E-state index contributed by atoms with van der Waals surface area (Å²) in [5.74, 6) is 0.00269. The highest BCUT2D eigenvalue weighted by Crippen LogP contribution is 2.28. The van der Waals surface area contributed by atoms with Gasteiger partial charge >= 0.3 is 0 Å². The average Bonchev–Trinajstić information content (AvgIpc) is 2.62. The summed E-state index contributed by atoms with van der Waals surface area (Å²) in [6, 6.07) is 10.9. The number of anilines is 1. The first-order chi connectivity index (χ1) is 12.8. The van der Waals surface area contributed by atoms with Crippen LogP contribution in [0.15, 0.2) is 47.4 Å². The topological polar surface area (TPSA) is 93.7 Å². The Morgan fingerprint density at radius 3 is 2.37 bits per heavy atom. The van der Waals surface area contributed by atoms with Crippen molar-refractivity contribution in [1.29, 1.82) is 0 Å². The highest BCUT2D eigenvalue weighted by Gasteiger charge is 2.20. The van der Waals surface area contributed by atoms with Crippen molar-refractivity contribution in [3.8, 4) is 5.75 Å². The van der Waals surface area contributed by atoms with Gasteiger partial charge in [-0.05, 0) is 44.2 Å². The van der Waals surface area contributed by atoms with E-state index in [2.05, 4.69) is 10.0 Å². The first-order valence-corrected chi connectivity index (χ1v) is 9.82. The maximum absolute atomic E-state index is 12.5. The summed E-state index contributed by atoms with van der Waals surface area (Å²) in [5.41, 5.74) is 1.77. The summed E-state index contributed by atoms with van der Waals surface area (Å²) in [6.07, 6.45) is 0. The summed E-state index contributed by atoms with van der Waals surface area (Å²) >= 11 is 0. The third kappa shape index (κ3) is 5.53. The van der Waals surface area contributed by atoms with E-state index in [-0.39, 0.29) is 23.1 Å². The number of benzene rings is 2. The maximum atomic E-state index is 12.5. The van der Waals surface area contributed by atoms with Crippen LogP contribution < -0.4 is 14.8 Å². The zero-order chi connectivity index (χ0) is 20.0. The molecule has 2 aromatic rings. The number of amides is 1. The fourth-order valence-corrected chi connectivity index (χ4v) is 3.72. The number of carbonyl (C=O) groups is 1. The third-order valence-corrected chi connectivity index (χ3v) is 5.40. The first kappa shape index (κ1) is 20.9. The molecule has 1 amide bonds. The van der Waals surface area contributed by atoms with E-state index in [1.165, 1.54) is 32.4 Å². The molecule has 0 heterocycles. The number of hydrogen-bond acceptors (Lipinski definition) is 5. The number of rotatable bonds is 8. The summed E-state index contributed by atoms with van der Waals surface area (Å²) in [5, 5.41) is 2.71. The summed E-state index contributed by atoms with van der Waals surface area (Å²) < 4.78 is 37.8. The van der Waals surface area contributed by atoms with Gasteiger partial charge in [0.2, 0.25) is 10.0 Å². The molecule has 1 atom stereocenters. The Morgan fingerprint density at radius 1 is 1.11 bits per heavy atom. The Kier molecular flexibility index (Phi) is 6.95. The van der Waals surface area contributed by atoms with E-state index in [0.717, 1.165) is 5.56 Å². The van der Waals surface area contributed by atoms with Gasteiger partial charge in [0.1, 0.15) is 5.75 Å². The Bertz CT molecular complexity index is 895. The van der Waals surface area contributed by atoms with E-state index in [1.54, 1.807) is 19.1 Å². The highest BCUT2D eigenvalue weighted by molar-refractivity contribution is 7.89. The van der Waals surface area contributed by atoms with E-state index in [4.69, 9.17) is 9.47 Å². The van der Waals surface area contributed by atoms with Crippen LogP contribution >= 0.6 is 0 Å². The standard InChI is InChI=1S/C19H24N2O5S/c1-13-5-7-15(8-6-13)19(22)20-17-11-16(9-10-18(17)26-4)27(23,24)21-14(2)12-25-3/h5-11,14,21H,12H2,1-4H3,(H,20,22)/t14-/m0/s1. The van der Waals surface area contributed by atoms with Gasteiger partial charge in [0.15, 0.2) is 0 Å². The average molecular weight is 392 g/mol. The van der Waals surface area contributed by atoms with Crippen LogP contribution in [0.3, 0.4) is 0 Å². The fourth-order valence-electron chi connectivity index (χ4n) is 2.47. The molecule has 0 aliphatic rings. The molecule has 0 saturated carbocycles. The Hall–Kier alpha value is -2.42. The molecule has 7 nitrogen and oxygen atoms in total. The van der Waals surface area contributed by atoms with Crippen molar-refractivity contribution in [2.45, 2.75) is 24.8 Å². The van der Waals surface area contributed by atoms with Crippen LogP contribution in [-0.4, -0.2) is 41.2 Å². The van der Waals surface area contributed by atoms with Crippen molar-refractivity contribution in [1.82, 2.24) is 4.72 Å². The van der Waals surface area contributed by atoms with Crippen molar-refractivity contribution in [3.05, 3.63) is 53.6 Å². The number of methoxy groups -OCH3 is 2. The molecule has 0 radical (unpaired) electrons. The molecule has 0 aliphatic carbocycles. The van der Waals surface area contributed by atoms with Crippen LogP contribution in [0.2, 0.25) is 0 Å². The van der Waals surface area contributed by atoms with Crippen LogP contribution in [0.5, 0.6) is 5.75 Å². The molecular formula is C19H24N2O5S. The molecule has 0 fully saturated rings. The number of ether oxygens (including phenoxy) is 2. The lowest BCUT2D eigenvalue weighted by atomic mass is 10.1. The lowest BCUT2D eigenvalue weighted by Crippen LogP contribution is -2.35. The van der Waals surface area contributed by atoms with Crippen LogP contribution in [0, 0.1) is 6.92 Å². The van der Waals surface area contributed by atoms with Gasteiger partial charge < -0.3 is 14.8 Å². The first-order valence-electron chi connectivity index (χ1n) is 8.34. The number of carbonyl (C=O) groups excluding carboxylic acids is 1. The van der Waals surface area contributed by atoms with Gasteiger partial charge in [0, 0.05) is 18.7 Å². The van der Waals surface area contributed by atoms with E-state index in [1.807, 2.05) is 19.1 Å². The summed E-state index contributed by atoms with van der Waals surface area (Å²) in [4.78, 5) is 12.5. The van der Waals surface area contributed by atoms with Crippen molar-refractivity contribution < 1.29 is 22.7 Å². The minimum absolute atomic E-state index is 0.0189. The van der Waals surface area contributed by atoms with Crippen LogP contribution in [0.25, 0.3) is 0 Å². The number of aryl methyl sites for hydroxylation is 1. The van der Waals surface area contributed by atoms with Crippen molar-refractivity contribution in [3.63, 3.8) is 0 Å². The van der Waals surface area contributed by atoms with E-state index in [0.29, 0.717) is 11.3 Å². The van der Waals surface area contributed by atoms with Crippen LogP contribution in [-0.2, 0) is 14.8 Å². The van der Waals surface area contributed by atoms with Crippen LogP contribution in [0.1, 0.15) is 22.8 Å². The molecule has 2 N–H and O–H groups in total. The minimum atomic E-state index is -3.77. The third-order valence-electron chi connectivity index (χ3n) is 3.82. The Morgan fingerprint density at radius 2 is 1.78 bits per heavy atom. The quantitative estimate of drug-likeness (QED) is 0.720. The van der Waals surface area contributed by atoms with Crippen molar-refractivity contribution >= 4 is 21.6 Å². The molecule has 0 saturated heterocycles. The maximum Gasteiger partial charge on any atom is 0.255 e.